The van der Waals surface area contributed by atoms with E-state index < -0.39 is 0 Å². The lowest BCUT2D eigenvalue weighted by Gasteiger charge is -2.27. The summed E-state index contributed by atoms with van der Waals surface area (Å²) in [6.45, 7) is 4.91. The molecule has 2 rings (SSSR count). The van der Waals surface area contributed by atoms with Gasteiger partial charge in [0.2, 0.25) is 0 Å². The Bertz CT molecular complexity index is 620. The Labute approximate surface area is 126 Å². The first-order chi connectivity index (χ1) is 9.99. The Morgan fingerprint density at radius 1 is 1.14 bits per heavy atom. The van der Waals surface area contributed by atoms with E-state index in [1.165, 1.54) is 16.8 Å². The molecule has 0 saturated carbocycles. The van der Waals surface area contributed by atoms with E-state index in [2.05, 4.69) is 44.0 Å². The summed E-state index contributed by atoms with van der Waals surface area (Å²) in [6, 6.07) is 16.4. The van der Waals surface area contributed by atoms with E-state index >= 15 is 0 Å². The van der Waals surface area contributed by atoms with Crippen molar-refractivity contribution in [3.8, 4) is 0 Å². The van der Waals surface area contributed by atoms with Crippen molar-refractivity contribution in [1.29, 1.82) is 5.41 Å². The summed E-state index contributed by atoms with van der Waals surface area (Å²) in [5.41, 5.74) is 10.6. The maximum absolute atomic E-state index is 7.88. The van der Waals surface area contributed by atoms with Crippen molar-refractivity contribution >= 4 is 11.5 Å². The Morgan fingerprint density at radius 3 is 2.38 bits per heavy atom. The lowest BCUT2D eigenvalue weighted by atomic mass is 9.97. The van der Waals surface area contributed by atoms with E-state index in [1.54, 1.807) is 0 Å². The summed E-state index contributed by atoms with van der Waals surface area (Å²) in [6.07, 6.45) is 0. The van der Waals surface area contributed by atoms with Crippen LogP contribution in [0, 0.1) is 19.3 Å². The Morgan fingerprint density at radius 2 is 1.81 bits per heavy atom. The van der Waals surface area contributed by atoms with Crippen molar-refractivity contribution in [3.05, 3.63) is 65.2 Å². The van der Waals surface area contributed by atoms with Crippen LogP contribution >= 0.6 is 0 Å². The number of amidine groups is 1. The van der Waals surface area contributed by atoms with Crippen LogP contribution in [0.4, 0.5) is 5.69 Å². The molecule has 0 aromatic heterocycles. The van der Waals surface area contributed by atoms with Crippen LogP contribution in [0.25, 0.3) is 0 Å². The van der Waals surface area contributed by atoms with Crippen molar-refractivity contribution in [2.24, 2.45) is 5.73 Å². The van der Waals surface area contributed by atoms with Gasteiger partial charge in [0.05, 0.1) is 11.8 Å². The molecule has 0 bridgehead atoms. The average molecular weight is 281 g/mol. The van der Waals surface area contributed by atoms with Gasteiger partial charge in [-0.1, -0.05) is 48.0 Å². The molecule has 0 heterocycles. The molecule has 0 fully saturated rings. The van der Waals surface area contributed by atoms with Crippen LogP contribution in [0.5, 0.6) is 0 Å². The van der Waals surface area contributed by atoms with Crippen molar-refractivity contribution in [1.82, 2.24) is 0 Å². The highest BCUT2D eigenvalue weighted by Crippen LogP contribution is 2.24. The molecular weight excluding hydrogens is 258 g/mol. The average Bonchev–Trinajstić information content (AvgIpc) is 2.45. The standard InChI is InChI=1S/C18H23N3/c1-13-9-10-17(14(2)11-13)21(3)12-16(18(19)20)15-7-5-4-6-8-15/h4-11,16H,12H2,1-3H3,(H3,19,20). The molecule has 110 valence electrons. The summed E-state index contributed by atoms with van der Waals surface area (Å²) < 4.78 is 0. The number of nitrogens with one attached hydrogen (secondary N) is 1. The van der Waals surface area contributed by atoms with Gasteiger partial charge in [-0.15, -0.1) is 0 Å². The van der Waals surface area contributed by atoms with E-state index in [4.69, 9.17) is 11.1 Å². The maximum Gasteiger partial charge on any atom is 0.1000 e. The van der Waals surface area contributed by atoms with Crippen LogP contribution in [0.15, 0.2) is 48.5 Å². The van der Waals surface area contributed by atoms with Crippen molar-refractivity contribution in [2.45, 2.75) is 19.8 Å². The molecule has 1 unspecified atom stereocenters. The first-order valence-electron chi connectivity index (χ1n) is 7.16. The fourth-order valence-corrected chi connectivity index (χ4v) is 2.67. The zero-order valence-electron chi connectivity index (χ0n) is 12.9. The fourth-order valence-electron chi connectivity index (χ4n) is 2.67. The van der Waals surface area contributed by atoms with Crippen LogP contribution in [-0.2, 0) is 0 Å². The molecule has 3 nitrogen and oxygen atoms in total. The number of hydrogen-bond donors (Lipinski definition) is 2. The number of nitrogens with two attached hydrogens (primary N) is 1. The van der Waals surface area contributed by atoms with Gasteiger partial charge in [-0.05, 0) is 31.0 Å². The van der Waals surface area contributed by atoms with Gasteiger partial charge < -0.3 is 10.6 Å². The SMILES string of the molecule is Cc1ccc(N(C)CC(C(=N)N)c2ccccc2)c(C)c1. The minimum atomic E-state index is -0.0862. The van der Waals surface area contributed by atoms with Gasteiger partial charge in [0.15, 0.2) is 0 Å². The lowest BCUT2D eigenvalue weighted by molar-refractivity contribution is 0.810. The third-order valence-electron chi connectivity index (χ3n) is 3.80. The van der Waals surface area contributed by atoms with E-state index in [9.17, 15) is 0 Å². The van der Waals surface area contributed by atoms with Gasteiger partial charge in [0.25, 0.3) is 0 Å². The minimum Gasteiger partial charge on any atom is -0.387 e. The number of benzene rings is 2. The fraction of sp³-hybridized carbons (Fsp3) is 0.278. The van der Waals surface area contributed by atoms with Gasteiger partial charge in [0, 0.05) is 19.3 Å². The highest BCUT2D eigenvalue weighted by Gasteiger charge is 2.18. The van der Waals surface area contributed by atoms with E-state index in [1.807, 2.05) is 30.3 Å². The molecule has 0 aliphatic carbocycles. The molecule has 0 amide bonds. The highest BCUT2D eigenvalue weighted by molar-refractivity contribution is 5.85. The summed E-state index contributed by atoms with van der Waals surface area (Å²) in [5, 5.41) is 7.88. The molecule has 2 aromatic carbocycles. The number of rotatable bonds is 5. The molecule has 0 spiro atoms. The van der Waals surface area contributed by atoms with E-state index in [0.717, 1.165) is 5.56 Å². The highest BCUT2D eigenvalue weighted by atomic mass is 15.1. The monoisotopic (exact) mass is 281 g/mol. The Hall–Kier alpha value is -2.29. The molecule has 21 heavy (non-hydrogen) atoms. The normalized spacial score (nSPS) is 12.0. The first kappa shape index (κ1) is 15.1. The number of anilines is 1. The van der Waals surface area contributed by atoms with Gasteiger partial charge in [-0.2, -0.15) is 0 Å². The van der Waals surface area contributed by atoms with Gasteiger partial charge in [0.1, 0.15) is 0 Å². The van der Waals surface area contributed by atoms with Crippen molar-refractivity contribution in [2.75, 3.05) is 18.5 Å². The van der Waals surface area contributed by atoms with E-state index in [-0.39, 0.29) is 11.8 Å². The lowest BCUT2D eigenvalue weighted by Crippen LogP contribution is -2.32. The smallest absolute Gasteiger partial charge is 0.1000 e. The summed E-state index contributed by atoms with van der Waals surface area (Å²) in [7, 11) is 2.05. The van der Waals surface area contributed by atoms with Gasteiger partial charge >= 0.3 is 0 Å². The molecule has 3 heteroatoms. The Kier molecular flexibility index (Phi) is 4.63. The number of hydrogen-bond acceptors (Lipinski definition) is 2. The van der Waals surface area contributed by atoms with Crippen LogP contribution in [0.3, 0.4) is 0 Å². The van der Waals surface area contributed by atoms with Crippen LogP contribution < -0.4 is 10.6 Å². The number of nitrogens with zero attached hydrogens (tertiary/aromatic N) is 1. The molecule has 2 aromatic rings. The molecule has 3 N–H and O–H groups in total. The zero-order valence-corrected chi connectivity index (χ0v) is 12.9. The maximum atomic E-state index is 7.88. The molecule has 0 saturated heterocycles. The van der Waals surface area contributed by atoms with Crippen LogP contribution in [0.1, 0.15) is 22.6 Å². The molecule has 0 aliphatic rings. The minimum absolute atomic E-state index is 0.0862. The summed E-state index contributed by atoms with van der Waals surface area (Å²) >= 11 is 0. The first-order valence-corrected chi connectivity index (χ1v) is 7.16. The van der Waals surface area contributed by atoms with E-state index in [0.29, 0.717) is 6.54 Å². The quantitative estimate of drug-likeness (QED) is 0.651. The molecule has 1 atom stereocenters. The Balaban J connectivity index is 2.23. The molecule has 0 radical (unpaired) electrons. The van der Waals surface area contributed by atoms with Crippen LogP contribution in [0.2, 0.25) is 0 Å². The third kappa shape index (κ3) is 3.63. The number of aryl methyl sites for hydroxylation is 2. The van der Waals surface area contributed by atoms with Crippen molar-refractivity contribution in [3.63, 3.8) is 0 Å². The van der Waals surface area contributed by atoms with Crippen molar-refractivity contribution < 1.29 is 0 Å². The van der Waals surface area contributed by atoms with Gasteiger partial charge in [-0.25, -0.2) is 0 Å². The second kappa shape index (κ2) is 6.44. The summed E-state index contributed by atoms with van der Waals surface area (Å²) in [4.78, 5) is 2.17. The predicted octanol–water partition coefficient (Wildman–Crippen LogP) is 3.46. The third-order valence-corrected chi connectivity index (χ3v) is 3.80. The topological polar surface area (TPSA) is 53.1 Å². The predicted molar refractivity (Wildman–Crippen MR) is 90.3 cm³/mol. The molecule has 0 aliphatic heterocycles. The number of likely N-dealkylation sites (N-methyl/N-ethyl adjacent to an activating group) is 1. The summed E-state index contributed by atoms with van der Waals surface area (Å²) in [5.74, 6) is 0.120. The largest absolute Gasteiger partial charge is 0.387 e. The van der Waals surface area contributed by atoms with Gasteiger partial charge in [-0.3, -0.25) is 5.41 Å². The molecular formula is C18H23N3. The van der Waals surface area contributed by atoms with Crippen LogP contribution in [-0.4, -0.2) is 19.4 Å². The zero-order chi connectivity index (χ0) is 15.4. The second-order valence-corrected chi connectivity index (χ2v) is 5.59. The second-order valence-electron chi connectivity index (χ2n) is 5.59.